The van der Waals surface area contributed by atoms with Gasteiger partial charge in [0.05, 0.1) is 0 Å². The molecule has 0 fully saturated rings. The van der Waals surface area contributed by atoms with E-state index in [0.717, 1.165) is 11.3 Å². The van der Waals surface area contributed by atoms with Crippen LogP contribution in [-0.2, 0) is 4.79 Å². The number of carbonyl (C=O) groups excluding carboxylic acids is 1. The van der Waals surface area contributed by atoms with Gasteiger partial charge in [-0.2, -0.15) is 0 Å². The molecule has 1 aromatic carbocycles. The van der Waals surface area contributed by atoms with Crippen LogP contribution in [0, 0.1) is 0 Å². The van der Waals surface area contributed by atoms with Gasteiger partial charge < -0.3 is 5.32 Å². The minimum absolute atomic E-state index is 0.112. The van der Waals surface area contributed by atoms with Crippen molar-refractivity contribution in [2.45, 2.75) is 13.8 Å². The lowest BCUT2D eigenvalue weighted by molar-refractivity contribution is -0.111. The minimum Gasteiger partial charge on any atom is -0.323 e. The average Bonchev–Trinajstić information content (AvgIpc) is 2.30. The SMILES string of the molecule is CC=CC=CC(C)=CC(=O)Nc1ccccc1. The van der Waals surface area contributed by atoms with Gasteiger partial charge in [-0.05, 0) is 31.6 Å². The molecule has 0 aromatic heterocycles. The third kappa shape index (κ3) is 5.52. The highest BCUT2D eigenvalue weighted by molar-refractivity contribution is 5.99. The summed E-state index contributed by atoms with van der Waals surface area (Å²) in [5, 5.41) is 2.80. The van der Waals surface area contributed by atoms with Crippen molar-refractivity contribution in [1.82, 2.24) is 0 Å². The second kappa shape index (κ2) is 7.23. The first-order valence-corrected chi connectivity index (χ1v) is 5.56. The molecule has 0 spiro atoms. The molecule has 1 N–H and O–H groups in total. The summed E-state index contributed by atoms with van der Waals surface area (Å²) >= 11 is 0. The van der Waals surface area contributed by atoms with Crippen molar-refractivity contribution in [3.63, 3.8) is 0 Å². The maximum atomic E-state index is 11.6. The third-order valence-electron chi connectivity index (χ3n) is 2.06. The summed E-state index contributed by atoms with van der Waals surface area (Å²) in [5.41, 5.74) is 1.72. The van der Waals surface area contributed by atoms with Crippen LogP contribution in [0.25, 0.3) is 0 Å². The van der Waals surface area contributed by atoms with Gasteiger partial charge in [0.2, 0.25) is 5.91 Å². The Morgan fingerprint density at radius 2 is 1.88 bits per heavy atom. The smallest absolute Gasteiger partial charge is 0.248 e. The van der Waals surface area contributed by atoms with Crippen LogP contribution in [0.1, 0.15) is 13.8 Å². The summed E-state index contributed by atoms with van der Waals surface area (Å²) in [5.74, 6) is -0.112. The van der Waals surface area contributed by atoms with Crippen molar-refractivity contribution in [3.8, 4) is 0 Å². The van der Waals surface area contributed by atoms with Gasteiger partial charge in [-0.25, -0.2) is 0 Å². The normalized spacial score (nSPS) is 12.2. The van der Waals surface area contributed by atoms with E-state index in [1.807, 2.05) is 68.5 Å². The lowest BCUT2D eigenvalue weighted by atomic mass is 10.2. The van der Waals surface area contributed by atoms with Crippen LogP contribution in [0.2, 0.25) is 0 Å². The Kier molecular flexibility index (Phi) is 5.52. The van der Waals surface area contributed by atoms with Gasteiger partial charge in [-0.1, -0.05) is 42.5 Å². The highest BCUT2D eigenvalue weighted by Gasteiger charge is 1.96. The van der Waals surface area contributed by atoms with Gasteiger partial charge in [-0.3, -0.25) is 4.79 Å². The monoisotopic (exact) mass is 227 g/mol. The van der Waals surface area contributed by atoms with Crippen molar-refractivity contribution in [3.05, 3.63) is 66.3 Å². The topological polar surface area (TPSA) is 29.1 Å². The van der Waals surface area contributed by atoms with Gasteiger partial charge >= 0.3 is 0 Å². The Hall–Kier alpha value is -2.09. The molecular formula is C15H17NO. The van der Waals surface area contributed by atoms with Crippen LogP contribution in [0.3, 0.4) is 0 Å². The Balaban J connectivity index is 2.57. The largest absolute Gasteiger partial charge is 0.323 e. The third-order valence-corrected chi connectivity index (χ3v) is 2.06. The first-order valence-electron chi connectivity index (χ1n) is 5.56. The fourth-order valence-electron chi connectivity index (χ4n) is 1.27. The summed E-state index contributed by atoms with van der Waals surface area (Å²) < 4.78 is 0. The summed E-state index contributed by atoms with van der Waals surface area (Å²) in [6.07, 6.45) is 9.24. The summed E-state index contributed by atoms with van der Waals surface area (Å²) in [4.78, 5) is 11.6. The van der Waals surface area contributed by atoms with Gasteiger partial charge in [0, 0.05) is 11.8 Å². The van der Waals surface area contributed by atoms with Crippen molar-refractivity contribution < 1.29 is 4.79 Å². The molecule has 2 nitrogen and oxygen atoms in total. The molecule has 0 saturated heterocycles. The Bertz CT molecular complexity index is 441. The second-order valence-corrected chi connectivity index (χ2v) is 3.63. The van der Waals surface area contributed by atoms with E-state index in [2.05, 4.69) is 5.32 Å². The summed E-state index contributed by atoms with van der Waals surface area (Å²) in [6, 6.07) is 9.40. The standard InChI is InChI=1S/C15H17NO/c1-3-4-6-9-13(2)12-15(17)16-14-10-7-5-8-11-14/h3-12H,1-2H3,(H,16,17). The van der Waals surface area contributed by atoms with E-state index in [4.69, 9.17) is 0 Å². The predicted molar refractivity (Wildman–Crippen MR) is 72.8 cm³/mol. The van der Waals surface area contributed by atoms with Crippen molar-refractivity contribution >= 4 is 11.6 Å². The molecule has 0 unspecified atom stereocenters. The number of hydrogen-bond acceptors (Lipinski definition) is 1. The van der Waals surface area contributed by atoms with Crippen molar-refractivity contribution in [2.24, 2.45) is 0 Å². The van der Waals surface area contributed by atoms with E-state index >= 15 is 0 Å². The molecule has 1 amide bonds. The molecule has 17 heavy (non-hydrogen) atoms. The number of para-hydroxylation sites is 1. The number of anilines is 1. The number of rotatable bonds is 4. The fourth-order valence-corrected chi connectivity index (χ4v) is 1.27. The zero-order valence-electron chi connectivity index (χ0n) is 10.2. The van der Waals surface area contributed by atoms with Gasteiger partial charge in [0.25, 0.3) is 0 Å². The highest BCUT2D eigenvalue weighted by atomic mass is 16.1. The molecule has 0 aliphatic carbocycles. The van der Waals surface area contributed by atoms with E-state index < -0.39 is 0 Å². The Morgan fingerprint density at radius 3 is 2.53 bits per heavy atom. The van der Waals surface area contributed by atoms with E-state index in [1.165, 1.54) is 0 Å². The van der Waals surface area contributed by atoms with Crippen molar-refractivity contribution in [1.29, 1.82) is 0 Å². The molecule has 88 valence electrons. The van der Waals surface area contributed by atoms with Gasteiger partial charge in [0.1, 0.15) is 0 Å². The minimum atomic E-state index is -0.112. The molecule has 0 radical (unpaired) electrons. The molecule has 0 bridgehead atoms. The zero-order valence-corrected chi connectivity index (χ0v) is 10.2. The summed E-state index contributed by atoms with van der Waals surface area (Å²) in [6.45, 7) is 3.84. The second-order valence-electron chi connectivity index (χ2n) is 3.63. The van der Waals surface area contributed by atoms with E-state index in [-0.39, 0.29) is 5.91 Å². The molecule has 0 atom stereocenters. The molecule has 0 aliphatic heterocycles. The van der Waals surface area contributed by atoms with Crippen molar-refractivity contribution in [2.75, 3.05) is 5.32 Å². The number of allylic oxidation sites excluding steroid dienone is 5. The Labute approximate surface area is 102 Å². The number of benzene rings is 1. The van der Waals surface area contributed by atoms with Crippen LogP contribution in [0.5, 0.6) is 0 Å². The lowest BCUT2D eigenvalue weighted by Crippen LogP contribution is -2.08. The fraction of sp³-hybridized carbons (Fsp3) is 0.133. The molecule has 0 aliphatic rings. The van der Waals surface area contributed by atoms with Gasteiger partial charge in [-0.15, -0.1) is 0 Å². The van der Waals surface area contributed by atoms with E-state index in [0.29, 0.717) is 0 Å². The molecule has 1 rings (SSSR count). The van der Waals surface area contributed by atoms with Crippen LogP contribution in [-0.4, -0.2) is 5.91 Å². The van der Waals surface area contributed by atoms with Crippen LogP contribution < -0.4 is 5.32 Å². The maximum absolute atomic E-state index is 11.6. The number of amides is 1. The number of hydrogen-bond donors (Lipinski definition) is 1. The van der Waals surface area contributed by atoms with Crippen LogP contribution >= 0.6 is 0 Å². The number of carbonyl (C=O) groups is 1. The lowest BCUT2D eigenvalue weighted by Gasteiger charge is -2.01. The molecule has 0 saturated carbocycles. The molecular weight excluding hydrogens is 210 g/mol. The summed E-state index contributed by atoms with van der Waals surface area (Å²) in [7, 11) is 0. The first-order chi connectivity index (χ1) is 8.22. The highest BCUT2D eigenvalue weighted by Crippen LogP contribution is 2.05. The number of nitrogens with one attached hydrogen (secondary N) is 1. The predicted octanol–water partition coefficient (Wildman–Crippen LogP) is 3.70. The zero-order chi connectivity index (χ0) is 12.5. The van der Waals surface area contributed by atoms with Crippen LogP contribution in [0.4, 0.5) is 5.69 Å². The molecule has 1 aromatic rings. The van der Waals surface area contributed by atoms with E-state index in [9.17, 15) is 4.79 Å². The quantitative estimate of drug-likeness (QED) is 0.616. The molecule has 0 heterocycles. The maximum Gasteiger partial charge on any atom is 0.248 e. The van der Waals surface area contributed by atoms with Crippen LogP contribution in [0.15, 0.2) is 66.3 Å². The van der Waals surface area contributed by atoms with Gasteiger partial charge in [0.15, 0.2) is 0 Å². The van der Waals surface area contributed by atoms with E-state index in [1.54, 1.807) is 6.08 Å². The average molecular weight is 227 g/mol. The Morgan fingerprint density at radius 1 is 1.18 bits per heavy atom. The molecule has 2 heteroatoms. The first kappa shape index (κ1) is 13.0.